The first-order chi connectivity index (χ1) is 18.9. The lowest BCUT2D eigenvalue weighted by molar-refractivity contribution is -0.131. The van der Waals surface area contributed by atoms with Gasteiger partial charge in [-0.15, -0.1) is 10.2 Å². The third-order valence-corrected chi connectivity index (χ3v) is 6.70. The summed E-state index contributed by atoms with van der Waals surface area (Å²) in [5, 5.41) is 8.86. The zero-order valence-electron chi connectivity index (χ0n) is 22.6. The molecular formula is C29H34FN5O4. The molecule has 0 bridgehead atoms. The van der Waals surface area contributed by atoms with Gasteiger partial charge in [-0.2, -0.15) is 0 Å². The van der Waals surface area contributed by atoms with E-state index in [2.05, 4.69) is 15.1 Å². The zero-order valence-corrected chi connectivity index (χ0v) is 22.6. The largest absolute Gasteiger partial charge is 0.493 e. The molecule has 0 unspecified atom stereocenters. The van der Waals surface area contributed by atoms with E-state index in [0.29, 0.717) is 55.4 Å². The monoisotopic (exact) mass is 535 g/mol. The van der Waals surface area contributed by atoms with Crippen molar-refractivity contribution in [1.82, 2.24) is 20.0 Å². The molecule has 1 fully saturated rings. The van der Waals surface area contributed by atoms with Crippen LogP contribution in [0.5, 0.6) is 11.5 Å². The fourth-order valence-electron chi connectivity index (χ4n) is 4.60. The van der Waals surface area contributed by atoms with Crippen LogP contribution in [-0.4, -0.2) is 85.3 Å². The first-order valence-corrected chi connectivity index (χ1v) is 13.1. The number of anilines is 1. The molecule has 0 atom stereocenters. The fourth-order valence-corrected chi connectivity index (χ4v) is 4.60. The van der Waals surface area contributed by atoms with Crippen LogP contribution in [0.25, 0.3) is 11.3 Å². The van der Waals surface area contributed by atoms with Crippen molar-refractivity contribution < 1.29 is 23.5 Å². The maximum atomic E-state index is 13.3. The number of ether oxygens (including phenoxy) is 2. The first-order valence-electron chi connectivity index (χ1n) is 13.1. The highest BCUT2D eigenvalue weighted by molar-refractivity contribution is 5.96. The second kappa shape index (κ2) is 13.0. The molecule has 10 heteroatoms. The number of hydrogen-bond donors (Lipinski definition) is 0. The van der Waals surface area contributed by atoms with Crippen LogP contribution < -0.4 is 14.4 Å². The third-order valence-electron chi connectivity index (χ3n) is 6.70. The summed E-state index contributed by atoms with van der Waals surface area (Å²) < 4.78 is 24.0. The van der Waals surface area contributed by atoms with E-state index in [1.165, 1.54) is 29.2 Å². The number of hydrogen-bond acceptors (Lipinski definition) is 7. The molecule has 0 aliphatic carbocycles. The van der Waals surface area contributed by atoms with E-state index in [0.717, 1.165) is 24.3 Å². The Morgan fingerprint density at radius 1 is 0.923 bits per heavy atom. The normalized spacial score (nSPS) is 13.5. The molecule has 1 saturated heterocycles. The standard InChI is InChI=1S/C29H34FN5O4/c1-4-14-35(29(37)21-6-9-23(30)10-7-21)20-28(36)34-16-5-15-33(17-18-34)27-13-11-24(31-32-27)22-8-12-25(38-2)26(19-22)39-3/h6-13,19H,4-5,14-18,20H2,1-3H3. The number of halogens is 1. The molecule has 1 aliphatic heterocycles. The minimum Gasteiger partial charge on any atom is -0.493 e. The van der Waals surface area contributed by atoms with E-state index in [9.17, 15) is 14.0 Å². The molecule has 1 aliphatic rings. The van der Waals surface area contributed by atoms with E-state index in [-0.39, 0.29) is 18.4 Å². The molecule has 1 aromatic heterocycles. The molecule has 2 aromatic carbocycles. The van der Waals surface area contributed by atoms with Crippen LogP contribution in [0.15, 0.2) is 54.6 Å². The van der Waals surface area contributed by atoms with Crippen LogP contribution in [0.2, 0.25) is 0 Å². The van der Waals surface area contributed by atoms with Gasteiger partial charge in [0, 0.05) is 43.9 Å². The molecular weight excluding hydrogens is 501 g/mol. The van der Waals surface area contributed by atoms with Crippen molar-refractivity contribution in [3.8, 4) is 22.8 Å². The lowest BCUT2D eigenvalue weighted by Crippen LogP contribution is -2.44. The van der Waals surface area contributed by atoms with E-state index in [1.54, 1.807) is 19.1 Å². The number of benzene rings is 2. The third kappa shape index (κ3) is 6.81. The van der Waals surface area contributed by atoms with Crippen LogP contribution >= 0.6 is 0 Å². The molecule has 39 heavy (non-hydrogen) atoms. The molecule has 206 valence electrons. The number of aromatic nitrogens is 2. The molecule has 4 rings (SSSR count). The van der Waals surface area contributed by atoms with E-state index >= 15 is 0 Å². The quantitative estimate of drug-likeness (QED) is 0.411. The van der Waals surface area contributed by atoms with Crippen molar-refractivity contribution in [2.75, 3.05) is 58.4 Å². The molecule has 2 amide bonds. The highest BCUT2D eigenvalue weighted by atomic mass is 19.1. The maximum Gasteiger partial charge on any atom is 0.254 e. The highest BCUT2D eigenvalue weighted by Gasteiger charge is 2.24. The van der Waals surface area contributed by atoms with Gasteiger partial charge in [-0.05, 0) is 67.4 Å². The molecule has 2 heterocycles. The van der Waals surface area contributed by atoms with Crippen LogP contribution in [0, 0.1) is 5.82 Å². The van der Waals surface area contributed by atoms with Gasteiger partial charge in [0.15, 0.2) is 17.3 Å². The topological polar surface area (TPSA) is 88.1 Å². The van der Waals surface area contributed by atoms with E-state index in [4.69, 9.17) is 9.47 Å². The van der Waals surface area contributed by atoms with E-state index < -0.39 is 5.82 Å². The Morgan fingerprint density at radius 3 is 2.36 bits per heavy atom. The minimum atomic E-state index is -0.404. The minimum absolute atomic E-state index is 0.0100. The summed E-state index contributed by atoms with van der Waals surface area (Å²) in [6.45, 7) is 4.85. The Bertz CT molecular complexity index is 1270. The molecule has 0 spiro atoms. The summed E-state index contributed by atoms with van der Waals surface area (Å²) in [5.41, 5.74) is 1.95. The molecule has 0 radical (unpaired) electrons. The van der Waals surface area contributed by atoms with Crippen molar-refractivity contribution in [3.05, 3.63) is 66.0 Å². The number of rotatable bonds is 9. The molecule has 3 aromatic rings. The summed E-state index contributed by atoms with van der Waals surface area (Å²) in [6.07, 6.45) is 1.48. The number of nitrogens with zero attached hydrogens (tertiary/aromatic N) is 5. The number of methoxy groups -OCH3 is 2. The number of carbonyl (C=O) groups excluding carboxylic acids is 2. The van der Waals surface area contributed by atoms with Crippen molar-refractivity contribution in [2.24, 2.45) is 0 Å². The lowest BCUT2D eigenvalue weighted by Gasteiger charge is -2.27. The Labute approximate surface area is 228 Å². The second-order valence-corrected chi connectivity index (χ2v) is 9.30. The number of carbonyl (C=O) groups is 2. The summed E-state index contributed by atoms with van der Waals surface area (Å²) in [7, 11) is 3.19. The van der Waals surface area contributed by atoms with Gasteiger partial charge in [-0.25, -0.2) is 4.39 Å². The number of amides is 2. The second-order valence-electron chi connectivity index (χ2n) is 9.30. The molecule has 0 saturated carbocycles. The summed E-state index contributed by atoms with van der Waals surface area (Å²) in [6, 6.07) is 14.9. The van der Waals surface area contributed by atoms with Gasteiger partial charge in [-0.1, -0.05) is 6.92 Å². The summed E-state index contributed by atoms with van der Waals surface area (Å²) >= 11 is 0. The molecule has 0 N–H and O–H groups in total. The average Bonchev–Trinajstić information content (AvgIpc) is 3.23. The SMILES string of the molecule is CCCN(CC(=O)N1CCCN(c2ccc(-c3ccc(OC)c(OC)c3)nn2)CC1)C(=O)c1ccc(F)cc1. The van der Waals surface area contributed by atoms with Crippen LogP contribution in [-0.2, 0) is 4.79 Å². The van der Waals surface area contributed by atoms with Gasteiger partial charge in [0.1, 0.15) is 12.4 Å². The van der Waals surface area contributed by atoms with Crippen molar-refractivity contribution in [1.29, 1.82) is 0 Å². The predicted molar refractivity (Wildman–Crippen MR) is 147 cm³/mol. The Balaban J connectivity index is 1.38. The predicted octanol–water partition coefficient (Wildman–Crippen LogP) is 3.89. The van der Waals surface area contributed by atoms with E-state index in [1.807, 2.05) is 37.3 Å². The highest BCUT2D eigenvalue weighted by Crippen LogP contribution is 2.31. The Kier molecular flexibility index (Phi) is 9.30. The Hall–Kier alpha value is -4.21. The van der Waals surface area contributed by atoms with Gasteiger partial charge in [0.25, 0.3) is 5.91 Å². The van der Waals surface area contributed by atoms with Crippen molar-refractivity contribution >= 4 is 17.6 Å². The van der Waals surface area contributed by atoms with Crippen LogP contribution in [0.4, 0.5) is 10.2 Å². The van der Waals surface area contributed by atoms with Crippen LogP contribution in [0.1, 0.15) is 30.1 Å². The fraction of sp³-hybridized carbons (Fsp3) is 0.379. The van der Waals surface area contributed by atoms with Crippen molar-refractivity contribution in [2.45, 2.75) is 19.8 Å². The summed E-state index contributed by atoms with van der Waals surface area (Å²) in [4.78, 5) is 31.6. The van der Waals surface area contributed by atoms with Gasteiger partial charge in [0.2, 0.25) is 5.91 Å². The van der Waals surface area contributed by atoms with Crippen LogP contribution in [0.3, 0.4) is 0 Å². The maximum absolute atomic E-state index is 13.3. The van der Waals surface area contributed by atoms with Gasteiger partial charge < -0.3 is 24.2 Å². The van der Waals surface area contributed by atoms with Gasteiger partial charge in [-0.3, -0.25) is 9.59 Å². The van der Waals surface area contributed by atoms with Crippen molar-refractivity contribution in [3.63, 3.8) is 0 Å². The average molecular weight is 536 g/mol. The summed E-state index contributed by atoms with van der Waals surface area (Å²) in [5.74, 6) is 1.23. The molecule has 9 nitrogen and oxygen atoms in total. The smallest absolute Gasteiger partial charge is 0.254 e. The zero-order chi connectivity index (χ0) is 27.8. The van der Waals surface area contributed by atoms with Gasteiger partial charge >= 0.3 is 0 Å². The Morgan fingerprint density at radius 2 is 1.69 bits per heavy atom. The lowest BCUT2D eigenvalue weighted by atomic mass is 10.1. The first kappa shape index (κ1) is 27.8. The van der Waals surface area contributed by atoms with Gasteiger partial charge in [0.05, 0.1) is 19.9 Å².